The number of methoxy groups -OCH3 is 1. The van der Waals surface area contributed by atoms with Gasteiger partial charge in [-0.1, -0.05) is 26.0 Å². The predicted octanol–water partition coefficient (Wildman–Crippen LogP) is 2.21. The highest BCUT2D eigenvalue weighted by atomic mass is 16.5. The Hall–Kier alpha value is -1.35. The Morgan fingerprint density at radius 1 is 1.29 bits per heavy atom. The number of benzene rings is 1. The van der Waals surface area contributed by atoms with Crippen LogP contribution in [0.3, 0.4) is 0 Å². The Kier molecular flexibility index (Phi) is 5.16. The highest BCUT2D eigenvalue weighted by molar-refractivity contribution is 5.83. The third-order valence-electron chi connectivity index (χ3n) is 2.78. The van der Waals surface area contributed by atoms with E-state index in [1.807, 2.05) is 38.1 Å². The van der Waals surface area contributed by atoms with Crippen molar-refractivity contribution in [3.8, 4) is 5.75 Å². The molecule has 1 aromatic rings. The lowest BCUT2D eigenvalue weighted by Gasteiger charge is -2.12. The van der Waals surface area contributed by atoms with Crippen molar-refractivity contribution in [1.82, 2.24) is 0 Å². The Bertz CT molecular complexity index is 354. The molecule has 1 N–H and O–H groups in total. The number of Topliss-reactive ketones (excluding diaryl/α,β-unsaturated/α-hetero) is 1. The maximum Gasteiger partial charge on any atom is 0.161 e. The number of hydrogen-bond donors (Lipinski definition) is 1. The van der Waals surface area contributed by atoms with Crippen LogP contribution in [0.25, 0.3) is 0 Å². The number of carbonyl (C=O) groups is 1. The van der Waals surface area contributed by atoms with E-state index in [9.17, 15) is 9.90 Å². The number of carbonyl (C=O) groups excluding carboxylic acids is 1. The largest absolute Gasteiger partial charge is 0.497 e. The molecule has 17 heavy (non-hydrogen) atoms. The molecule has 1 unspecified atom stereocenters. The number of hydrogen-bond acceptors (Lipinski definition) is 3. The van der Waals surface area contributed by atoms with Gasteiger partial charge in [-0.05, 0) is 30.0 Å². The third-order valence-corrected chi connectivity index (χ3v) is 2.78. The van der Waals surface area contributed by atoms with Gasteiger partial charge in [0.1, 0.15) is 11.9 Å². The Balaban J connectivity index is 2.47. The summed E-state index contributed by atoms with van der Waals surface area (Å²) in [6.07, 6.45) is 0.200. The van der Waals surface area contributed by atoms with Crippen molar-refractivity contribution >= 4 is 5.78 Å². The van der Waals surface area contributed by atoms with Crippen LogP contribution in [0.2, 0.25) is 0 Å². The molecule has 0 aromatic heterocycles. The summed E-state index contributed by atoms with van der Waals surface area (Å²) in [4.78, 5) is 11.6. The molecular weight excluding hydrogens is 216 g/mol. The first-order valence-electron chi connectivity index (χ1n) is 5.88. The van der Waals surface area contributed by atoms with E-state index in [2.05, 4.69) is 0 Å². The summed E-state index contributed by atoms with van der Waals surface area (Å²) in [5.74, 6) is 0.705. The second kappa shape index (κ2) is 6.40. The molecule has 0 aliphatic carbocycles. The van der Waals surface area contributed by atoms with Gasteiger partial charge < -0.3 is 9.84 Å². The highest BCUT2D eigenvalue weighted by Crippen LogP contribution is 2.13. The second-order valence-corrected chi connectivity index (χ2v) is 4.50. The maximum absolute atomic E-state index is 11.6. The molecule has 0 amide bonds. The van der Waals surface area contributed by atoms with E-state index in [0.717, 1.165) is 11.3 Å². The first-order chi connectivity index (χ1) is 8.04. The SMILES string of the molecule is COc1ccc(CCC(=O)C(O)C(C)C)cc1. The quantitative estimate of drug-likeness (QED) is 0.823. The van der Waals surface area contributed by atoms with Gasteiger partial charge in [0.25, 0.3) is 0 Å². The standard InChI is InChI=1S/C14H20O3/c1-10(2)14(16)13(15)9-6-11-4-7-12(17-3)8-5-11/h4-5,7-8,10,14,16H,6,9H2,1-3H3. The van der Waals surface area contributed by atoms with Gasteiger partial charge in [-0.15, -0.1) is 0 Å². The lowest BCUT2D eigenvalue weighted by Crippen LogP contribution is -2.26. The lowest BCUT2D eigenvalue weighted by molar-refractivity contribution is -0.129. The van der Waals surface area contributed by atoms with Gasteiger partial charge in [0.2, 0.25) is 0 Å². The molecule has 0 spiro atoms. The molecule has 0 fully saturated rings. The molecular formula is C14H20O3. The normalized spacial score (nSPS) is 12.5. The first kappa shape index (κ1) is 13.7. The second-order valence-electron chi connectivity index (χ2n) is 4.50. The van der Waals surface area contributed by atoms with Gasteiger partial charge in [0, 0.05) is 6.42 Å². The Labute approximate surface area is 102 Å². The summed E-state index contributed by atoms with van der Waals surface area (Å²) < 4.78 is 5.06. The fraction of sp³-hybridized carbons (Fsp3) is 0.500. The molecule has 0 bridgehead atoms. The van der Waals surface area contributed by atoms with E-state index in [-0.39, 0.29) is 11.7 Å². The van der Waals surface area contributed by atoms with Crippen molar-refractivity contribution in [2.24, 2.45) is 5.92 Å². The third kappa shape index (κ3) is 4.19. The highest BCUT2D eigenvalue weighted by Gasteiger charge is 2.17. The van der Waals surface area contributed by atoms with E-state index in [1.165, 1.54) is 0 Å². The molecule has 1 rings (SSSR count). The van der Waals surface area contributed by atoms with Gasteiger partial charge in [-0.2, -0.15) is 0 Å². The summed E-state index contributed by atoms with van der Waals surface area (Å²) in [6.45, 7) is 3.69. The number of rotatable bonds is 6. The minimum Gasteiger partial charge on any atom is -0.497 e. The number of aryl methyl sites for hydroxylation is 1. The van der Waals surface area contributed by atoms with Crippen LogP contribution in [-0.2, 0) is 11.2 Å². The van der Waals surface area contributed by atoms with Crippen molar-refractivity contribution in [3.63, 3.8) is 0 Å². The van der Waals surface area contributed by atoms with Gasteiger partial charge in [0.15, 0.2) is 5.78 Å². The molecule has 0 radical (unpaired) electrons. The van der Waals surface area contributed by atoms with Crippen LogP contribution in [0.1, 0.15) is 25.8 Å². The average molecular weight is 236 g/mol. The van der Waals surface area contributed by atoms with Crippen molar-refractivity contribution in [2.75, 3.05) is 7.11 Å². The molecule has 0 saturated carbocycles. The summed E-state index contributed by atoms with van der Waals surface area (Å²) in [7, 11) is 1.62. The van der Waals surface area contributed by atoms with Crippen LogP contribution >= 0.6 is 0 Å². The average Bonchev–Trinajstić information content (AvgIpc) is 2.35. The fourth-order valence-electron chi connectivity index (χ4n) is 1.58. The van der Waals surface area contributed by atoms with Crippen LogP contribution in [0, 0.1) is 5.92 Å². The minimum absolute atomic E-state index is 0.0154. The monoisotopic (exact) mass is 236 g/mol. The maximum atomic E-state index is 11.6. The van der Waals surface area contributed by atoms with Gasteiger partial charge >= 0.3 is 0 Å². The molecule has 3 nitrogen and oxygen atoms in total. The molecule has 1 atom stereocenters. The first-order valence-corrected chi connectivity index (χ1v) is 5.88. The van der Waals surface area contributed by atoms with Crippen LogP contribution in [-0.4, -0.2) is 24.1 Å². The van der Waals surface area contributed by atoms with E-state index >= 15 is 0 Å². The molecule has 0 aliphatic heterocycles. The zero-order valence-corrected chi connectivity index (χ0v) is 10.6. The smallest absolute Gasteiger partial charge is 0.161 e. The molecule has 0 saturated heterocycles. The summed E-state index contributed by atoms with van der Waals surface area (Å²) in [5, 5.41) is 9.59. The van der Waals surface area contributed by atoms with Crippen molar-refractivity contribution in [1.29, 1.82) is 0 Å². The van der Waals surface area contributed by atoms with Crippen molar-refractivity contribution in [3.05, 3.63) is 29.8 Å². The van der Waals surface area contributed by atoms with Crippen LogP contribution in [0.4, 0.5) is 0 Å². The van der Waals surface area contributed by atoms with Crippen LogP contribution < -0.4 is 4.74 Å². The van der Waals surface area contributed by atoms with Crippen molar-refractivity contribution < 1.29 is 14.6 Å². The number of aliphatic hydroxyl groups is 1. The Morgan fingerprint density at radius 3 is 2.35 bits per heavy atom. The Morgan fingerprint density at radius 2 is 1.88 bits per heavy atom. The van der Waals surface area contributed by atoms with E-state index < -0.39 is 6.10 Å². The zero-order chi connectivity index (χ0) is 12.8. The van der Waals surface area contributed by atoms with Gasteiger partial charge in [-0.25, -0.2) is 0 Å². The molecule has 0 aliphatic rings. The summed E-state index contributed by atoms with van der Waals surface area (Å²) in [5.41, 5.74) is 1.08. The lowest BCUT2D eigenvalue weighted by atomic mass is 9.98. The van der Waals surface area contributed by atoms with Crippen LogP contribution in [0.5, 0.6) is 5.75 Å². The zero-order valence-electron chi connectivity index (χ0n) is 10.6. The number of aliphatic hydroxyl groups excluding tert-OH is 1. The van der Waals surface area contributed by atoms with Gasteiger partial charge in [0.05, 0.1) is 7.11 Å². The molecule has 3 heteroatoms. The molecule has 1 aromatic carbocycles. The summed E-state index contributed by atoms with van der Waals surface area (Å²) >= 11 is 0. The number of ketones is 1. The molecule has 94 valence electrons. The van der Waals surface area contributed by atoms with E-state index in [0.29, 0.717) is 12.8 Å². The van der Waals surface area contributed by atoms with Crippen LogP contribution in [0.15, 0.2) is 24.3 Å². The fourth-order valence-corrected chi connectivity index (χ4v) is 1.58. The van der Waals surface area contributed by atoms with E-state index in [4.69, 9.17) is 4.74 Å². The molecule has 0 heterocycles. The minimum atomic E-state index is -0.840. The predicted molar refractivity (Wildman–Crippen MR) is 67.2 cm³/mol. The van der Waals surface area contributed by atoms with Gasteiger partial charge in [-0.3, -0.25) is 4.79 Å². The van der Waals surface area contributed by atoms with E-state index in [1.54, 1.807) is 7.11 Å². The topological polar surface area (TPSA) is 46.5 Å². The summed E-state index contributed by atoms with van der Waals surface area (Å²) in [6, 6.07) is 7.62. The number of ether oxygens (including phenoxy) is 1. The van der Waals surface area contributed by atoms with Crippen molar-refractivity contribution in [2.45, 2.75) is 32.8 Å².